The Morgan fingerprint density at radius 1 is 1.04 bits per heavy atom. The number of carbonyl (C=O) groups excluding carboxylic acids is 2. The lowest BCUT2D eigenvalue weighted by Gasteiger charge is -2.59. The molecule has 4 bridgehead atoms. The van der Waals surface area contributed by atoms with Gasteiger partial charge in [0.05, 0.1) is 6.26 Å². The zero-order valence-corrected chi connectivity index (χ0v) is 16.7. The van der Waals surface area contributed by atoms with E-state index in [9.17, 15) is 9.59 Å². The zero-order chi connectivity index (χ0) is 19.2. The molecule has 0 aliphatic heterocycles. The third kappa shape index (κ3) is 3.53. The smallest absolute Gasteiger partial charge is 0.287 e. The van der Waals surface area contributed by atoms with Crippen LogP contribution in [0.5, 0.6) is 0 Å². The van der Waals surface area contributed by atoms with Gasteiger partial charge in [-0.3, -0.25) is 9.59 Å². The van der Waals surface area contributed by atoms with Crippen molar-refractivity contribution in [3.63, 3.8) is 0 Å². The summed E-state index contributed by atoms with van der Waals surface area (Å²) in [5, 5.41) is 6.14. The Balaban J connectivity index is 1.42. The van der Waals surface area contributed by atoms with Crippen molar-refractivity contribution in [1.82, 2.24) is 10.6 Å². The number of carbonyl (C=O) groups is 2. The van der Waals surface area contributed by atoms with Crippen molar-refractivity contribution >= 4 is 11.8 Å². The van der Waals surface area contributed by atoms with Crippen LogP contribution < -0.4 is 10.6 Å². The first-order valence-electron chi connectivity index (χ1n) is 10.5. The fraction of sp³-hybridized carbons (Fsp3) is 0.727. The molecule has 27 heavy (non-hydrogen) atoms. The van der Waals surface area contributed by atoms with Crippen LogP contribution in [0.1, 0.15) is 69.9 Å². The highest BCUT2D eigenvalue weighted by molar-refractivity contribution is 5.95. The molecule has 2 atom stereocenters. The summed E-state index contributed by atoms with van der Waals surface area (Å²) in [5.74, 6) is 2.40. The fourth-order valence-corrected chi connectivity index (χ4v) is 6.32. The van der Waals surface area contributed by atoms with Crippen LogP contribution in [-0.2, 0) is 4.79 Å². The van der Waals surface area contributed by atoms with E-state index in [0.717, 1.165) is 17.8 Å². The molecule has 1 heterocycles. The van der Waals surface area contributed by atoms with Crippen LogP contribution in [-0.4, -0.2) is 23.9 Å². The maximum Gasteiger partial charge on any atom is 0.287 e. The predicted octanol–water partition coefficient (Wildman–Crippen LogP) is 3.76. The average Bonchev–Trinajstić information content (AvgIpc) is 3.12. The lowest BCUT2D eigenvalue weighted by Crippen LogP contribution is -2.59. The Hall–Kier alpha value is -1.78. The number of rotatable bonds is 6. The third-order valence-electron chi connectivity index (χ3n) is 7.34. The van der Waals surface area contributed by atoms with Crippen molar-refractivity contribution in [3.05, 3.63) is 24.2 Å². The molecule has 1 unspecified atom stereocenters. The van der Waals surface area contributed by atoms with E-state index >= 15 is 0 Å². The van der Waals surface area contributed by atoms with Crippen molar-refractivity contribution in [2.45, 2.75) is 71.4 Å². The molecule has 5 nitrogen and oxygen atoms in total. The fourth-order valence-electron chi connectivity index (χ4n) is 6.32. The summed E-state index contributed by atoms with van der Waals surface area (Å²) in [6.07, 6.45) is 9.42. The van der Waals surface area contributed by atoms with E-state index in [0.29, 0.717) is 0 Å². The normalized spacial score (nSPS) is 33.7. The summed E-state index contributed by atoms with van der Waals surface area (Å²) >= 11 is 0. The van der Waals surface area contributed by atoms with Crippen LogP contribution in [0.3, 0.4) is 0 Å². The van der Waals surface area contributed by atoms with Gasteiger partial charge in [-0.1, -0.05) is 13.8 Å². The van der Waals surface area contributed by atoms with Crippen LogP contribution >= 0.6 is 0 Å². The molecule has 2 amide bonds. The highest BCUT2D eigenvalue weighted by atomic mass is 16.3. The van der Waals surface area contributed by atoms with E-state index < -0.39 is 6.04 Å². The van der Waals surface area contributed by atoms with E-state index in [2.05, 4.69) is 17.6 Å². The number of hydrogen-bond acceptors (Lipinski definition) is 3. The van der Waals surface area contributed by atoms with Gasteiger partial charge < -0.3 is 15.1 Å². The Morgan fingerprint density at radius 2 is 1.63 bits per heavy atom. The lowest BCUT2D eigenvalue weighted by atomic mass is 9.48. The summed E-state index contributed by atoms with van der Waals surface area (Å²) in [4.78, 5) is 25.4. The topological polar surface area (TPSA) is 71.3 Å². The highest BCUT2D eigenvalue weighted by Gasteiger charge is 2.53. The molecule has 5 heteroatoms. The van der Waals surface area contributed by atoms with Gasteiger partial charge in [-0.15, -0.1) is 0 Å². The molecule has 4 aliphatic carbocycles. The molecule has 1 aromatic heterocycles. The van der Waals surface area contributed by atoms with Gasteiger partial charge in [-0.25, -0.2) is 0 Å². The summed E-state index contributed by atoms with van der Waals surface area (Å²) in [6, 6.07) is 2.89. The van der Waals surface area contributed by atoms with E-state index in [1.807, 2.05) is 13.8 Å². The van der Waals surface area contributed by atoms with Crippen molar-refractivity contribution in [2.24, 2.45) is 29.1 Å². The van der Waals surface area contributed by atoms with Crippen molar-refractivity contribution in [1.29, 1.82) is 0 Å². The highest BCUT2D eigenvalue weighted by Crippen LogP contribution is 2.61. The number of amides is 2. The minimum absolute atomic E-state index is 0.00692. The quantitative estimate of drug-likeness (QED) is 0.799. The van der Waals surface area contributed by atoms with Crippen LogP contribution in [0.25, 0.3) is 0 Å². The maximum absolute atomic E-state index is 13.0. The van der Waals surface area contributed by atoms with E-state index in [1.54, 1.807) is 12.1 Å². The molecule has 5 rings (SSSR count). The minimum atomic E-state index is -0.557. The van der Waals surface area contributed by atoms with Crippen molar-refractivity contribution in [2.75, 3.05) is 0 Å². The Morgan fingerprint density at radius 3 is 2.11 bits per heavy atom. The van der Waals surface area contributed by atoms with Gasteiger partial charge in [0.15, 0.2) is 5.76 Å². The van der Waals surface area contributed by atoms with Crippen LogP contribution in [0.2, 0.25) is 0 Å². The number of nitrogens with one attached hydrogen (secondary N) is 2. The van der Waals surface area contributed by atoms with Gasteiger partial charge in [-0.2, -0.15) is 0 Å². The van der Waals surface area contributed by atoms with Crippen molar-refractivity contribution < 1.29 is 14.0 Å². The first kappa shape index (κ1) is 18.6. The summed E-state index contributed by atoms with van der Waals surface area (Å²) in [5.41, 5.74) is 0.261. The molecular weight excluding hydrogens is 340 g/mol. The van der Waals surface area contributed by atoms with Gasteiger partial charge in [0.2, 0.25) is 5.91 Å². The summed E-state index contributed by atoms with van der Waals surface area (Å²) < 4.78 is 5.16. The third-order valence-corrected chi connectivity index (χ3v) is 7.34. The maximum atomic E-state index is 13.0. The van der Waals surface area contributed by atoms with Crippen LogP contribution in [0.4, 0.5) is 0 Å². The Kier molecular flexibility index (Phi) is 4.81. The van der Waals surface area contributed by atoms with Gasteiger partial charge in [0.1, 0.15) is 6.04 Å². The van der Waals surface area contributed by atoms with E-state index in [-0.39, 0.29) is 34.9 Å². The number of hydrogen-bond donors (Lipinski definition) is 2. The average molecular weight is 373 g/mol. The summed E-state index contributed by atoms with van der Waals surface area (Å²) in [6.45, 7) is 6.10. The molecule has 0 radical (unpaired) electrons. The Labute approximate surface area is 161 Å². The van der Waals surface area contributed by atoms with Crippen LogP contribution in [0.15, 0.2) is 22.8 Å². The standard InChI is InChI=1S/C22H32N2O3/c1-13(2)19(24-20(25)18-5-4-6-27-18)21(26)23-14(3)22-10-15-7-16(11-22)9-17(8-15)12-22/h4-6,13-17,19H,7-12H2,1-3H3,(H,23,26)(H,24,25)/t14?,15?,16?,17?,19-,22?/m0/s1. The second-order valence-electron chi connectivity index (χ2n) is 9.68. The zero-order valence-electron chi connectivity index (χ0n) is 16.7. The van der Waals surface area contributed by atoms with E-state index in [1.165, 1.54) is 44.8 Å². The minimum Gasteiger partial charge on any atom is -0.459 e. The molecule has 2 N–H and O–H groups in total. The molecule has 4 fully saturated rings. The van der Waals surface area contributed by atoms with Crippen LogP contribution in [0, 0.1) is 29.1 Å². The lowest BCUT2D eigenvalue weighted by molar-refractivity contribution is -0.128. The molecule has 148 valence electrons. The number of furan rings is 1. The first-order valence-corrected chi connectivity index (χ1v) is 10.5. The first-order chi connectivity index (χ1) is 12.9. The molecule has 0 aromatic carbocycles. The second-order valence-corrected chi connectivity index (χ2v) is 9.68. The molecule has 1 aromatic rings. The molecule has 0 saturated heterocycles. The molecule has 4 saturated carbocycles. The van der Waals surface area contributed by atoms with Crippen molar-refractivity contribution in [3.8, 4) is 0 Å². The van der Waals surface area contributed by atoms with Gasteiger partial charge >= 0.3 is 0 Å². The monoisotopic (exact) mass is 372 g/mol. The molecule has 4 aliphatic rings. The van der Waals surface area contributed by atoms with Gasteiger partial charge in [0, 0.05) is 6.04 Å². The van der Waals surface area contributed by atoms with Gasteiger partial charge in [-0.05, 0) is 86.7 Å². The second kappa shape index (κ2) is 6.99. The van der Waals surface area contributed by atoms with E-state index in [4.69, 9.17) is 4.42 Å². The Bertz CT molecular complexity index is 659. The SMILES string of the molecule is CC(C)[C@H](NC(=O)c1ccco1)C(=O)NC(C)C12CC3CC(CC(C3)C1)C2. The molecule has 0 spiro atoms. The predicted molar refractivity (Wildman–Crippen MR) is 103 cm³/mol. The molecular formula is C22H32N2O3. The summed E-state index contributed by atoms with van der Waals surface area (Å²) in [7, 11) is 0. The largest absolute Gasteiger partial charge is 0.459 e. The van der Waals surface area contributed by atoms with Gasteiger partial charge in [0.25, 0.3) is 5.91 Å².